The lowest BCUT2D eigenvalue weighted by molar-refractivity contribution is -0.170. The number of carbonyl (C=O) groups excluding carboxylic acids is 1. The van der Waals surface area contributed by atoms with E-state index in [1.165, 1.54) is 18.2 Å². The zero-order valence-electron chi connectivity index (χ0n) is 13.0. The Morgan fingerprint density at radius 1 is 1.18 bits per heavy atom. The molecule has 6 nitrogen and oxygen atoms in total. The SMILES string of the molecule is CCC(C)(C)C(O)OCCOC(=O)c1ccccc1C(=O)O. The lowest BCUT2D eigenvalue weighted by Crippen LogP contribution is -2.32. The summed E-state index contributed by atoms with van der Waals surface area (Å²) in [6.07, 6.45) is -0.220. The van der Waals surface area contributed by atoms with Gasteiger partial charge < -0.3 is 19.7 Å². The van der Waals surface area contributed by atoms with E-state index in [4.69, 9.17) is 14.6 Å². The van der Waals surface area contributed by atoms with Gasteiger partial charge in [-0.2, -0.15) is 0 Å². The standard InChI is InChI=1S/C16H22O6/c1-4-16(2,3)15(20)22-10-9-21-14(19)12-8-6-5-7-11(12)13(17)18/h5-8,15,20H,4,9-10H2,1-3H3,(H,17,18). The Labute approximate surface area is 129 Å². The summed E-state index contributed by atoms with van der Waals surface area (Å²) in [5, 5.41) is 18.8. The molecule has 0 bridgehead atoms. The Balaban J connectivity index is 2.50. The largest absolute Gasteiger partial charge is 0.478 e. The van der Waals surface area contributed by atoms with Crippen LogP contribution in [0.5, 0.6) is 0 Å². The van der Waals surface area contributed by atoms with E-state index in [-0.39, 0.29) is 29.8 Å². The first-order valence-electron chi connectivity index (χ1n) is 7.08. The van der Waals surface area contributed by atoms with Gasteiger partial charge in [0.25, 0.3) is 0 Å². The summed E-state index contributed by atoms with van der Waals surface area (Å²) in [5.74, 6) is -1.92. The van der Waals surface area contributed by atoms with E-state index in [1.807, 2.05) is 20.8 Å². The molecule has 0 aromatic heterocycles. The highest BCUT2D eigenvalue weighted by Crippen LogP contribution is 2.25. The second-order valence-electron chi connectivity index (χ2n) is 5.55. The van der Waals surface area contributed by atoms with Crippen molar-refractivity contribution < 1.29 is 29.3 Å². The van der Waals surface area contributed by atoms with Gasteiger partial charge in [0.15, 0.2) is 6.29 Å². The zero-order chi connectivity index (χ0) is 16.8. The van der Waals surface area contributed by atoms with Crippen LogP contribution >= 0.6 is 0 Å². The van der Waals surface area contributed by atoms with Gasteiger partial charge in [0.2, 0.25) is 0 Å². The Bertz CT molecular complexity index is 523. The molecule has 0 saturated heterocycles. The van der Waals surface area contributed by atoms with Gasteiger partial charge in [-0.15, -0.1) is 0 Å². The first-order valence-corrected chi connectivity index (χ1v) is 7.08. The number of carbonyl (C=O) groups is 2. The van der Waals surface area contributed by atoms with Crippen LogP contribution in [0.1, 0.15) is 47.9 Å². The van der Waals surface area contributed by atoms with Gasteiger partial charge in [-0.05, 0) is 18.6 Å². The summed E-state index contributed by atoms with van der Waals surface area (Å²) >= 11 is 0. The highest BCUT2D eigenvalue weighted by molar-refractivity contribution is 6.02. The van der Waals surface area contributed by atoms with Crippen molar-refractivity contribution in [2.45, 2.75) is 33.5 Å². The minimum atomic E-state index is -1.19. The summed E-state index contributed by atoms with van der Waals surface area (Å²) in [4.78, 5) is 22.9. The minimum absolute atomic E-state index is 0.00978. The van der Waals surface area contributed by atoms with Crippen LogP contribution in [0, 0.1) is 5.41 Å². The number of ether oxygens (including phenoxy) is 2. The number of hydrogen-bond donors (Lipinski definition) is 2. The highest BCUT2D eigenvalue weighted by atomic mass is 16.6. The van der Waals surface area contributed by atoms with Crippen LogP contribution in [0.3, 0.4) is 0 Å². The molecule has 0 amide bonds. The van der Waals surface area contributed by atoms with Crippen LogP contribution in [0.15, 0.2) is 24.3 Å². The predicted molar refractivity (Wildman–Crippen MR) is 79.7 cm³/mol. The molecule has 0 aliphatic heterocycles. The van der Waals surface area contributed by atoms with E-state index in [0.717, 1.165) is 6.42 Å². The first kappa shape index (κ1) is 18.1. The Morgan fingerprint density at radius 3 is 2.32 bits per heavy atom. The van der Waals surface area contributed by atoms with Crippen molar-refractivity contribution in [2.24, 2.45) is 5.41 Å². The molecule has 0 radical (unpaired) electrons. The normalized spacial score (nSPS) is 12.7. The van der Waals surface area contributed by atoms with Gasteiger partial charge in [-0.25, -0.2) is 9.59 Å². The van der Waals surface area contributed by atoms with Crippen molar-refractivity contribution in [1.82, 2.24) is 0 Å². The zero-order valence-corrected chi connectivity index (χ0v) is 13.0. The van der Waals surface area contributed by atoms with E-state index in [2.05, 4.69) is 0 Å². The predicted octanol–water partition coefficient (Wildman–Crippen LogP) is 2.31. The molecule has 1 aromatic rings. The molecule has 0 saturated carbocycles. The van der Waals surface area contributed by atoms with Gasteiger partial charge in [0.05, 0.1) is 17.7 Å². The summed E-state index contributed by atoms with van der Waals surface area (Å²) in [6.45, 7) is 5.64. The molecule has 2 N–H and O–H groups in total. The fourth-order valence-electron chi connectivity index (χ4n) is 1.62. The first-order chi connectivity index (χ1) is 10.3. The summed E-state index contributed by atoms with van der Waals surface area (Å²) < 4.78 is 10.2. The van der Waals surface area contributed by atoms with Gasteiger partial charge >= 0.3 is 11.9 Å². The van der Waals surface area contributed by atoms with Crippen LogP contribution in [0.4, 0.5) is 0 Å². The summed E-state index contributed by atoms with van der Waals surface area (Å²) in [7, 11) is 0. The van der Waals surface area contributed by atoms with E-state index < -0.39 is 18.2 Å². The number of esters is 1. The fourth-order valence-corrected chi connectivity index (χ4v) is 1.62. The quantitative estimate of drug-likeness (QED) is 0.435. The molecule has 1 aromatic carbocycles. The van der Waals surface area contributed by atoms with Crippen molar-refractivity contribution in [2.75, 3.05) is 13.2 Å². The monoisotopic (exact) mass is 310 g/mol. The molecule has 0 aliphatic rings. The molecule has 6 heteroatoms. The maximum absolute atomic E-state index is 11.9. The lowest BCUT2D eigenvalue weighted by Gasteiger charge is -2.28. The van der Waals surface area contributed by atoms with Gasteiger partial charge in [0.1, 0.15) is 6.61 Å². The molecule has 1 unspecified atom stereocenters. The molecule has 0 spiro atoms. The topological polar surface area (TPSA) is 93.1 Å². The number of benzene rings is 1. The number of rotatable bonds is 8. The van der Waals surface area contributed by atoms with Crippen LogP contribution in [0.25, 0.3) is 0 Å². The van der Waals surface area contributed by atoms with Gasteiger partial charge in [-0.3, -0.25) is 0 Å². The molecular formula is C16H22O6. The van der Waals surface area contributed by atoms with Crippen LogP contribution in [-0.4, -0.2) is 41.7 Å². The maximum Gasteiger partial charge on any atom is 0.339 e. The second-order valence-corrected chi connectivity index (χ2v) is 5.55. The number of aliphatic hydroxyl groups is 1. The van der Waals surface area contributed by atoms with Crippen molar-refractivity contribution in [3.63, 3.8) is 0 Å². The second kappa shape index (κ2) is 7.91. The van der Waals surface area contributed by atoms with Crippen molar-refractivity contribution in [3.05, 3.63) is 35.4 Å². The van der Waals surface area contributed by atoms with E-state index in [9.17, 15) is 14.7 Å². The third kappa shape index (κ3) is 4.82. The molecule has 0 fully saturated rings. The molecule has 1 rings (SSSR count). The third-order valence-electron chi connectivity index (χ3n) is 3.55. The fraction of sp³-hybridized carbons (Fsp3) is 0.500. The molecule has 0 heterocycles. The Kier molecular flexibility index (Phi) is 6.52. The maximum atomic E-state index is 11.9. The Hall–Kier alpha value is -1.92. The van der Waals surface area contributed by atoms with Crippen molar-refractivity contribution >= 4 is 11.9 Å². The van der Waals surface area contributed by atoms with Crippen LogP contribution < -0.4 is 0 Å². The highest BCUT2D eigenvalue weighted by Gasteiger charge is 2.26. The lowest BCUT2D eigenvalue weighted by atomic mass is 9.90. The smallest absolute Gasteiger partial charge is 0.339 e. The number of aliphatic hydroxyl groups excluding tert-OH is 1. The van der Waals surface area contributed by atoms with E-state index in [1.54, 1.807) is 6.07 Å². The molecule has 1 atom stereocenters. The summed E-state index contributed by atoms with van der Waals surface area (Å²) in [5.41, 5.74) is -0.509. The average molecular weight is 310 g/mol. The van der Waals surface area contributed by atoms with E-state index >= 15 is 0 Å². The third-order valence-corrected chi connectivity index (χ3v) is 3.55. The number of hydrogen-bond acceptors (Lipinski definition) is 5. The molecule has 22 heavy (non-hydrogen) atoms. The Morgan fingerprint density at radius 2 is 1.77 bits per heavy atom. The van der Waals surface area contributed by atoms with Crippen LogP contribution in [0.2, 0.25) is 0 Å². The van der Waals surface area contributed by atoms with Gasteiger partial charge in [0, 0.05) is 5.41 Å². The number of aromatic carboxylic acids is 1. The average Bonchev–Trinajstić information content (AvgIpc) is 2.50. The van der Waals surface area contributed by atoms with Gasteiger partial charge in [-0.1, -0.05) is 32.9 Å². The number of carboxylic acid groups (broad SMARTS) is 1. The van der Waals surface area contributed by atoms with Crippen molar-refractivity contribution in [1.29, 1.82) is 0 Å². The summed E-state index contributed by atoms with van der Waals surface area (Å²) in [6, 6.07) is 5.82. The number of carboxylic acids is 1. The van der Waals surface area contributed by atoms with Crippen molar-refractivity contribution in [3.8, 4) is 0 Å². The minimum Gasteiger partial charge on any atom is -0.478 e. The molecule has 122 valence electrons. The van der Waals surface area contributed by atoms with E-state index in [0.29, 0.717) is 0 Å². The van der Waals surface area contributed by atoms with Crippen LogP contribution in [-0.2, 0) is 9.47 Å². The molecule has 0 aliphatic carbocycles. The molecular weight excluding hydrogens is 288 g/mol.